The number of thioether (sulfide) groups is 1. The molecule has 0 radical (unpaired) electrons. The number of imidazole rings is 1. The standard InChI is InChI=1S/C11H14N2S/c1-13-10-6-4-3-5-9(10)12-11(13)7-8-14-2/h3-6H,7-8H2,1-2H3. The molecule has 2 aromatic rings. The highest BCUT2D eigenvalue weighted by Gasteiger charge is 2.05. The number of aryl methyl sites for hydroxylation is 2. The van der Waals surface area contributed by atoms with Crippen LogP contribution in [0.1, 0.15) is 5.82 Å². The molecule has 1 heterocycles. The zero-order valence-corrected chi connectivity index (χ0v) is 9.34. The summed E-state index contributed by atoms with van der Waals surface area (Å²) < 4.78 is 2.19. The van der Waals surface area contributed by atoms with Crippen LogP contribution in [0, 0.1) is 0 Å². The summed E-state index contributed by atoms with van der Waals surface area (Å²) in [5, 5.41) is 0. The number of fused-ring (bicyclic) bond motifs is 1. The summed E-state index contributed by atoms with van der Waals surface area (Å²) in [7, 11) is 2.09. The topological polar surface area (TPSA) is 17.8 Å². The van der Waals surface area contributed by atoms with E-state index < -0.39 is 0 Å². The van der Waals surface area contributed by atoms with Crippen molar-refractivity contribution in [1.82, 2.24) is 9.55 Å². The Hall–Kier alpha value is -0.960. The Bertz CT molecular complexity index is 434. The first-order valence-electron chi connectivity index (χ1n) is 4.72. The smallest absolute Gasteiger partial charge is 0.110 e. The van der Waals surface area contributed by atoms with E-state index in [1.807, 2.05) is 17.8 Å². The highest BCUT2D eigenvalue weighted by Crippen LogP contribution is 2.15. The van der Waals surface area contributed by atoms with Crippen molar-refractivity contribution in [3.8, 4) is 0 Å². The second kappa shape index (κ2) is 4.05. The maximum atomic E-state index is 4.60. The van der Waals surface area contributed by atoms with Gasteiger partial charge in [-0.25, -0.2) is 4.98 Å². The van der Waals surface area contributed by atoms with Crippen molar-refractivity contribution in [2.75, 3.05) is 12.0 Å². The van der Waals surface area contributed by atoms with Crippen LogP contribution in [0.15, 0.2) is 24.3 Å². The summed E-state index contributed by atoms with van der Waals surface area (Å²) in [6.07, 6.45) is 3.18. The van der Waals surface area contributed by atoms with Crippen LogP contribution in [-0.4, -0.2) is 21.6 Å². The largest absolute Gasteiger partial charge is 0.331 e. The third-order valence-electron chi connectivity index (χ3n) is 2.41. The number of para-hydroxylation sites is 2. The van der Waals surface area contributed by atoms with E-state index in [4.69, 9.17) is 0 Å². The summed E-state index contributed by atoms with van der Waals surface area (Å²) >= 11 is 1.86. The van der Waals surface area contributed by atoms with Gasteiger partial charge in [0.05, 0.1) is 11.0 Å². The van der Waals surface area contributed by atoms with Gasteiger partial charge in [-0.1, -0.05) is 12.1 Å². The van der Waals surface area contributed by atoms with Crippen molar-refractivity contribution < 1.29 is 0 Å². The third-order valence-corrected chi connectivity index (χ3v) is 3.02. The van der Waals surface area contributed by atoms with Gasteiger partial charge in [0.2, 0.25) is 0 Å². The van der Waals surface area contributed by atoms with Crippen molar-refractivity contribution in [2.24, 2.45) is 7.05 Å². The molecule has 74 valence electrons. The van der Waals surface area contributed by atoms with Gasteiger partial charge in [-0.05, 0) is 18.4 Å². The second-order valence-electron chi connectivity index (χ2n) is 3.32. The van der Waals surface area contributed by atoms with Gasteiger partial charge in [0.25, 0.3) is 0 Å². The minimum absolute atomic E-state index is 1.05. The lowest BCUT2D eigenvalue weighted by Gasteiger charge is -1.99. The Labute approximate surface area is 88.3 Å². The van der Waals surface area contributed by atoms with Gasteiger partial charge >= 0.3 is 0 Å². The molecule has 0 unspecified atom stereocenters. The lowest BCUT2D eigenvalue weighted by Crippen LogP contribution is -1.99. The maximum Gasteiger partial charge on any atom is 0.110 e. The molecule has 0 atom stereocenters. The number of rotatable bonds is 3. The fourth-order valence-electron chi connectivity index (χ4n) is 1.61. The monoisotopic (exact) mass is 206 g/mol. The van der Waals surface area contributed by atoms with Gasteiger partial charge in [0.15, 0.2) is 0 Å². The van der Waals surface area contributed by atoms with Gasteiger partial charge in [-0.2, -0.15) is 11.8 Å². The molecule has 3 heteroatoms. The number of benzene rings is 1. The van der Waals surface area contributed by atoms with Crippen LogP contribution in [0.3, 0.4) is 0 Å². The van der Waals surface area contributed by atoms with Crippen LogP contribution in [0.2, 0.25) is 0 Å². The molecule has 0 saturated heterocycles. The van der Waals surface area contributed by atoms with Crippen LogP contribution >= 0.6 is 11.8 Å². The molecule has 0 aliphatic rings. The van der Waals surface area contributed by atoms with E-state index in [9.17, 15) is 0 Å². The first-order valence-corrected chi connectivity index (χ1v) is 6.11. The van der Waals surface area contributed by atoms with Gasteiger partial charge < -0.3 is 4.57 Å². The van der Waals surface area contributed by atoms with E-state index in [0.717, 1.165) is 17.7 Å². The number of hydrogen-bond acceptors (Lipinski definition) is 2. The molecule has 0 saturated carbocycles. The number of aromatic nitrogens is 2. The molecule has 0 spiro atoms. The van der Waals surface area contributed by atoms with Gasteiger partial charge in [-0.15, -0.1) is 0 Å². The lowest BCUT2D eigenvalue weighted by atomic mass is 10.3. The molecule has 2 rings (SSSR count). The molecule has 0 N–H and O–H groups in total. The van der Waals surface area contributed by atoms with Crippen molar-refractivity contribution in [2.45, 2.75) is 6.42 Å². The van der Waals surface area contributed by atoms with E-state index in [1.165, 1.54) is 11.3 Å². The summed E-state index contributed by atoms with van der Waals surface area (Å²) in [4.78, 5) is 4.60. The van der Waals surface area contributed by atoms with E-state index in [0.29, 0.717) is 0 Å². The molecular weight excluding hydrogens is 192 g/mol. The Kier molecular flexibility index (Phi) is 2.77. The van der Waals surface area contributed by atoms with Crippen molar-refractivity contribution in [1.29, 1.82) is 0 Å². The Morgan fingerprint density at radius 1 is 1.36 bits per heavy atom. The zero-order valence-electron chi connectivity index (χ0n) is 8.53. The molecule has 0 fully saturated rings. The van der Waals surface area contributed by atoms with Gasteiger partial charge in [0, 0.05) is 19.2 Å². The Morgan fingerprint density at radius 2 is 2.14 bits per heavy atom. The maximum absolute atomic E-state index is 4.60. The Balaban J connectivity index is 2.41. The third kappa shape index (κ3) is 1.64. The van der Waals surface area contributed by atoms with E-state index in [-0.39, 0.29) is 0 Å². The molecule has 0 aliphatic heterocycles. The molecule has 0 amide bonds. The van der Waals surface area contributed by atoms with Crippen molar-refractivity contribution in [3.63, 3.8) is 0 Å². The molecule has 2 nitrogen and oxygen atoms in total. The summed E-state index contributed by atoms with van der Waals surface area (Å²) in [5.74, 6) is 2.32. The summed E-state index contributed by atoms with van der Waals surface area (Å²) in [6, 6.07) is 8.28. The quantitative estimate of drug-likeness (QED) is 0.768. The minimum atomic E-state index is 1.05. The first kappa shape index (κ1) is 9.59. The molecule has 1 aromatic carbocycles. The van der Waals surface area contributed by atoms with Crippen LogP contribution in [-0.2, 0) is 13.5 Å². The highest BCUT2D eigenvalue weighted by atomic mass is 32.2. The molecule has 0 bridgehead atoms. The molecule has 0 aliphatic carbocycles. The average molecular weight is 206 g/mol. The summed E-state index contributed by atoms with van der Waals surface area (Å²) in [6.45, 7) is 0. The average Bonchev–Trinajstić information content (AvgIpc) is 2.54. The van der Waals surface area contributed by atoms with Crippen LogP contribution in [0.4, 0.5) is 0 Å². The number of hydrogen-bond donors (Lipinski definition) is 0. The summed E-state index contributed by atoms with van der Waals surface area (Å²) in [5.41, 5.74) is 2.33. The van der Waals surface area contributed by atoms with E-state index >= 15 is 0 Å². The normalized spacial score (nSPS) is 11.0. The lowest BCUT2D eigenvalue weighted by molar-refractivity contribution is 0.833. The van der Waals surface area contributed by atoms with Crippen LogP contribution in [0.5, 0.6) is 0 Å². The zero-order chi connectivity index (χ0) is 9.97. The Morgan fingerprint density at radius 3 is 2.86 bits per heavy atom. The highest BCUT2D eigenvalue weighted by molar-refractivity contribution is 7.98. The van der Waals surface area contributed by atoms with E-state index in [2.05, 4.69) is 41.1 Å². The number of nitrogens with zero attached hydrogens (tertiary/aromatic N) is 2. The fraction of sp³-hybridized carbons (Fsp3) is 0.364. The fourth-order valence-corrected chi connectivity index (χ4v) is 2.00. The SMILES string of the molecule is CSCCc1nc2ccccc2n1C. The van der Waals surface area contributed by atoms with Crippen molar-refractivity contribution in [3.05, 3.63) is 30.1 Å². The minimum Gasteiger partial charge on any atom is -0.331 e. The van der Waals surface area contributed by atoms with Gasteiger partial charge in [-0.3, -0.25) is 0 Å². The van der Waals surface area contributed by atoms with Crippen LogP contribution < -0.4 is 0 Å². The molecular formula is C11H14N2S. The molecule has 14 heavy (non-hydrogen) atoms. The second-order valence-corrected chi connectivity index (χ2v) is 4.30. The first-order chi connectivity index (χ1) is 6.83. The van der Waals surface area contributed by atoms with Crippen LogP contribution in [0.25, 0.3) is 11.0 Å². The predicted octanol–water partition coefficient (Wildman–Crippen LogP) is 2.48. The predicted molar refractivity (Wildman–Crippen MR) is 62.8 cm³/mol. The van der Waals surface area contributed by atoms with Gasteiger partial charge in [0.1, 0.15) is 5.82 Å². The van der Waals surface area contributed by atoms with E-state index in [1.54, 1.807) is 0 Å². The van der Waals surface area contributed by atoms with Crippen molar-refractivity contribution >= 4 is 22.8 Å². The molecule has 1 aromatic heterocycles.